The van der Waals surface area contributed by atoms with Crippen molar-refractivity contribution in [3.63, 3.8) is 0 Å². The quantitative estimate of drug-likeness (QED) is 0.434. The number of thiazole rings is 1. The molecular weight excluding hydrogens is 416 g/mol. The molecule has 0 saturated carbocycles. The van der Waals surface area contributed by atoms with Crippen LogP contribution in [0.3, 0.4) is 0 Å². The van der Waals surface area contributed by atoms with Gasteiger partial charge in [0, 0.05) is 40.6 Å². The zero-order valence-electron chi connectivity index (χ0n) is 16.8. The first-order valence-electron chi connectivity index (χ1n) is 9.80. The Morgan fingerprint density at radius 2 is 2.13 bits per heavy atom. The van der Waals surface area contributed by atoms with Crippen LogP contribution in [0.15, 0.2) is 47.8 Å². The number of hydrogen-bond acceptors (Lipinski definition) is 6. The number of fused-ring (bicyclic) bond motifs is 1. The number of para-hydroxylation sites is 1. The van der Waals surface area contributed by atoms with Crippen LogP contribution in [0.1, 0.15) is 24.0 Å². The van der Waals surface area contributed by atoms with Crippen LogP contribution in [0.25, 0.3) is 11.3 Å². The third kappa shape index (κ3) is 4.61. The lowest BCUT2D eigenvalue weighted by atomic mass is 9.89. The van der Waals surface area contributed by atoms with Gasteiger partial charge in [0.15, 0.2) is 5.13 Å². The van der Waals surface area contributed by atoms with Gasteiger partial charge in [-0.25, -0.2) is 4.98 Å². The number of hydrogen-bond donors (Lipinski definition) is 2. The van der Waals surface area contributed by atoms with E-state index in [0.717, 1.165) is 11.3 Å². The lowest BCUT2D eigenvalue weighted by Crippen LogP contribution is -2.30. The standard InChI is InChI=1S/C22H20N4O4S/c1-13-6-7-15(11-19(13)26(29)30)18-12-31-22(24-18)25-20(27)9-8-16-10-14-4-2-3-5-17(14)23-21(16)28/h2-7,11-12,16H,8-10H2,1H3,(H,23,28)(H,24,25,27). The summed E-state index contributed by atoms with van der Waals surface area (Å²) in [6.45, 7) is 1.68. The van der Waals surface area contributed by atoms with E-state index in [0.29, 0.717) is 34.8 Å². The highest BCUT2D eigenvalue weighted by molar-refractivity contribution is 7.14. The molecule has 3 aromatic rings. The maximum absolute atomic E-state index is 12.4. The molecule has 31 heavy (non-hydrogen) atoms. The van der Waals surface area contributed by atoms with Crippen LogP contribution in [0, 0.1) is 23.0 Å². The fourth-order valence-corrected chi connectivity index (χ4v) is 4.30. The van der Waals surface area contributed by atoms with Crippen molar-refractivity contribution in [1.82, 2.24) is 4.98 Å². The average molecular weight is 436 g/mol. The van der Waals surface area contributed by atoms with Crippen LogP contribution >= 0.6 is 11.3 Å². The van der Waals surface area contributed by atoms with E-state index in [1.165, 1.54) is 17.4 Å². The minimum atomic E-state index is -0.423. The minimum Gasteiger partial charge on any atom is -0.326 e. The molecule has 0 aliphatic carbocycles. The van der Waals surface area contributed by atoms with Gasteiger partial charge in [0.2, 0.25) is 11.8 Å². The monoisotopic (exact) mass is 436 g/mol. The van der Waals surface area contributed by atoms with Crippen LogP contribution in [-0.2, 0) is 16.0 Å². The van der Waals surface area contributed by atoms with E-state index in [1.54, 1.807) is 24.4 Å². The fraction of sp³-hybridized carbons (Fsp3) is 0.227. The summed E-state index contributed by atoms with van der Waals surface area (Å²) < 4.78 is 0. The van der Waals surface area contributed by atoms with Crippen molar-refractivity contribution in [1.29, 1.82) is 0 Å². The molecule has 4 rings (SSSR count). The number of aryl methyl sites for hydroxylation is 1. The van der Waals surface area contributed by atoms with Crippen molar-refractivity contribution >= 4 is 39.7 Å². The molecule has 2 N–H and O–H groups in total. The number of aromatic nitrogens is 1. The first-order chi connectivity index (χ1) is 14.9. The molecule has 1 unspecified atom stereocenters. The molecule has 1 aromatic heterocycles. The van der Waals surface area contributed by atoms with E-state index < -0.39 is 4.92 Å². The molecule has 0 radical (unpaired) electrons. The number of nitrogens with one attached hydrogen (secondary N) is 2. The van der Waals surface area contributed by atoms with Crippen molar-refractivity contribution in [3.8, 4) is 11.3 Å². The van der Waals surface area contributed by atoms with E-state index >= 15 is 0 Å². The average Bonchev–Trinajstić information content (AvgIpc) is 3.20. The number of carbonyl (C=O) groups is 2. The molecule has 0 saturated heterocycles. The molecule has 1 atom stereocenters. The zero-order chi connectivity index (χ0) is 22.0. The van der Waals surface area contributed by atoms with Gasteiger partial charge in [-0.05, 0) is 31.4 Å². The molecule has 2 heterocycles. The van der Waals surface area contributed by atoms with Gasteiger partial charge in [-0.2, -0.15) is 0 Å². The summed E-state index contributed by atoms with van der Waals surface area (Å²) in [5, 5.41) is 19.0. The Hall–Kier alpha value is -3.59. The SMILES string of the molecule is Cc1ccc(-c2csc(NC(=O)CCC3Cc4ccccc4NC3=O)n2)cc1[N+](=O)[O-]. The smallest absolute Gasteiger partial charge is 0.272 e. The molecule has 0 bridgehead atoms. The largest absolute Gasteiger partial charge is 0.326 e. The molecule has 1 aliphatic rings. The number of amides is 2. The Kier molecular flexibility index (Phi) is 5.77. The van der Waals surface area contributed by atoms with Gasteiger partial charge < -0.3 is 10.6 Å². The lowest BCUT2D eigenvalue weighted by Gasteiger charge is -2.24. The Morgan fingerprint density at radius 1 is 1.32 bits per heavy atom. The topological polar surface area (TPSA) is 114 Å². The Labute approximate surface area is 182 Å². The molecule has 0 fully saturated rings. The summed E-state index contributed by atoms with van der Waals surface area (Å²) in [6, 6.07) is 12.6. The van der Waals surface area contributed by atoms with Crippen LogP contribution in [0.2, 0.25) is 0 Å². The second-order valence-electron chi connectivity index (χ2n) is 7.43. The number of benzene rings is 2. The lowest BCUT2D eigenvalue weighted by molar-refractivity contribution is -0.385. The molecule has 1 aliphatic heterocycles. The fourth-order valence-electron chi connectivity index (χ4n) is 3.56. The highest BCUT2D eigenvalue weighted by Gasteiger charge is 2.26. The number of nitro benzene ring substituents is 1. The number of carbonyl (C=O) groups excluding carboxylic acids is 2. The molecule has 2 aromatic carbocycles. The highest BCUT2D eigenvalue weighted by Crippen LogP contribution is 2.30. The molecule has 0 spiro atoms. The van der Waals surface area contributed by atoms with Crippen LogP contribution in [0.4, 0.5) is 16.5 Å². The first kappa shape index (κ1) is 20.7. The second kappa shape index (κ2) is 8.65. The summed E-state index contributed by atoms with van der Waals surface area (Å²) in [7, 11) is 0. The van der Waals surface area contributed by atoms with Crippen molar-refractivity contribution in [3.05, 3.63) is 69.1 Å². The third-order valence-corrected chi connectivity index (χ3v) is 6.04. The third-order valence-electron chi connectivity index (χ3n) is 5.28. The molecule has 2 amide bonds. The van der Waals surface area contributed by atoms with Crippen molar-refractivity contribution in [2.45, 2.75) is 26.2 Å². The van der Waals surface area contributed by atoms with E-state index in [2.05, 4.69) is 15.6 Å². The van der Waals surface area contributed by atoms with Crippen LogP contribution in [0.5, 0.6) is 0 Å². The van der Waals surface area contributed by atoms with Crippen molar-refractivity contribution in [2.24, 2.45) is 5.92 Å². The van der Waals surface area contributed by atoms with Gasteiger partial charge in [-0.3, -0.25) is 19.7 Å². The van der Waals surface area contributed by atoms with E-state index in [1.807, 2.05) is 24.3 Å². The molecular formula is C22H20N4O4S. The summed E-state index contributed by atoms with van der Waals surface area (Å²) >= 11 is 1.25. The molecule has 9 heteroatoms. The number of nitrogens with zero attached hydrogens (tertiary/aromatic N) is 2. The maximum atomic E-state index is 12.4. The summed E-state index contributed by atoms with van der Waals surface area (Å²) in [6.07, 6.45) is 1.25. The van der Waals surface area contributed by atoms with Gasteiger partial charge in [0.1, 0.15) is 0 Å². The van der Waals surface area contributed by atoms with E-state index in [9.17, 15) is 19.7 Å². The molecule has 158 valence electrons. The van der Waals surface area contributed by atoms with Gasteiger partial charge in [-0.15, -0.1) is 11.3 Å². The molecule has 8 nitrogen and oxygen atoms in total. The minimum absolute atomic E-state index is 0.0309. The van der Waals surface area contributed by atoms with Gasteiger partial charge >= 0.3 is 0 Å². The number of nitro groups is 1. The Balaban J connectivity index is 1.36. The zero-order valence-corrected chi connectivity index (χ0v) is 17.6. The van der Waals surface area contributed by atoms with Crippen molar-refractivity contribution in [2.75, 3.05) is 10.6 Å². The highest BCUT2D eigenvalue weighted by atomic mass is 32.1. The number of anilines is 2. The Bertz CT molecular complexity index is 1170. The Morgan fingerprint density at radius 3 is 2.94 bits per heavy atom. The van der Waals surface area contributed by atoms with Crippen LogP contribution in [-0.4, -0.2) is 21.7 Å². The van der Waals surface area contributed by atoms with Gasteiger partial charge in [0.05, 0.1) is 10.6 Å². The predicted molar refractivity (Wildman–Crippen MR) is 119 cm³/mol. The van der Waals surface area contributed by atoms with Gasteiger partial charge in [0.25, 0.3) is 5.69 Å². The van der Waals surface area contributed by atoms with Crippen molar-refractivity contribution < 1.29 is 14.5 Å². The summed E-state index contributed by atoms with van der Waals surface area (Å²) in [5.74, 6) is -0.535. The van der Waals surface area contributed by atoms with Gasteiger partial charge in [-0.1, -0.05) is 30.3 Å². The predicted octanol–water partition coefficient (Wildman–Crippen LogP) is 4.56. The second-order valence-corrected chi connectivity index (χ2v) is 8.29. The maximum Gasteiger partial charge on any atom is 0.272 e. The van der Waals surface area contributed by atoms with E-state index in [4.69, 9.17) is 0 Å². The summed E-state index contributed by atoms with van der Waals surface area (Å²) in [4.78, 5) is 39.8. The summed E-state index contributed by atoms with van der Waals surface area (Å²) in [5.41, 5.74) is 3.69. The normalized spacial score (nSPS) is 15.1. The van der Waals surface area contributed by atoms with E-state index in [-0.39, 0.29) is 29.8 Å². The first-order valence-corrected chi connectivity index (χ1v) is 10.7. The number of rotatable bonds is 6. The van der Waals surface area contributed by atoms with Crippen LogP contribution < -0.4 is 10.6 Å².